The lowest BCUT2D eigenvalue weighted by Gasteiger charge is -2.38. The molecule has 0 aliphatic carbocycles. The highest BCUT2D eigenvalue weighted by molar-refractivity contribution is 6.33. The van der Waals surface area contributed by atoms with Gasteiger partial charge in [-0.3, -0.25) is 4.68 Å². The summed E-state index contributed by atoms with van der Waals surface area (Å²) in [6, 6.07) is 7.71. The molecule has 6 heterocycles. The molecule has 8 rings (SSSR count). The molecule has 4 aromatic rings. The van der Waals surface area contributed by atoms with Gasteiger partial charge >= 0.3 is 0 Å². The van der Waals surface area contributed by atoms with Crippen LogP contribution in [0.3, 0.4) is 0 Å². The van der Waals surface area contributed by atoms with Crippen LogP contribution in [-0.4, -0.2) is 64.4 Å². The summed E-state index contributed by atoms with van der Waals surface area (Å²) in [5.41, 5.74) is 6.91. The second-order valence-corrected chi connectivity index (χ2v) is 17.8. The van der Waals surface area contributed by atoms with Gasteiger partial charge < -0.3 is 31.1 Å². The predicted molar refractivity (Wildman–Crippen MR) is 240 cm³/mol. The smallest absolute Gasteiger partial charge is 0.267 e. The number of hydrogen-bond acceptors (Lipinski definition) is 8. The van der Waals surface area contributed by atoms with Crippen LogP contribution in [0.4, 0.5) is 40.4 Å². The molecule has 2 aromatic heterocycles. The Morgan fingerprint density at radius 2 is 1.74 bits per heavy atom. The molecule has 14 heteroatoms. The minimum absolute atomic E-state index is 0.0200. The van der Waals surface area contributed by atoms with Crippen molar-refractivity contribution in [2.24, 2.45) is 13.0 Å². The largest absolute Gasteiger partial charge is 0.376 e. The van der Waals surface area contributed by atoms with Gasteiger partial charge in [-0.25, -0.2) is 22.5 Å². The number of rotatable bonds is 10. The first-order valence-electron chi connectivity index (χ1n) is 21.4. The van der Waals surface area contributed by atoms with E-state index in [0.717, 1.165) is 111 Å². The highest BCUT2D eigenvalue weighted by atomic mass is 35.5. The fourth-order valence-corrected chi connectivity index (χ4v) is 9.79. The van der Waals surface area contributed by atoms with E-state index < -0.39 is 17.8 Å². The van der Waals surface area contributed by atoms with Crippen LogP contribution in [0.1, 0.15) is 93.9 Å². The zero-order valence-corrected chi connectivity index (χ0v) is 36.0. The molecule has 3 saturated heterocycles. The first kappa shape index (κ1) is 42.7. The molecule has 0 radical (unpaired) electrons. The second kappa shape index (κ2) is 17.4. The van der Waals surface area contributed by atoms with Crippen LogP contribution in [0.5, 0.6) is 0 Å². The Morgan fingerprint density at radius 1 is 0.984 bits per heavy atom. The molecular formula is C47H56ClF4N9. The number of alkyl halides is 2. The van der Waals surface area contributed by atoms with Crippen molar-refractivity contribution in [3.63, 3.8) is 0 Å². The van der Waals surface area contributed by atoms with E-state index in [1.807, 2.05) is 26.1 Å². The van der Waals surface area contributed by atoms with E-state index in [0.29, 0.717) is 39.1 Å². The summed E-state index contributed by atoms with van der Waals surface area (Å²) in [5.74, 6) is -2.16. The number of benzene rings is 2. The first-order valence-corrected chi connectivity index (χ1v) is 21.8. The van der Waals surface area contributed by atoms with Crippen molar-refractivity contribution in [2.45, 2.75) is 89.0 Å². The molecule has 0 saturated carbocycles. The Kier molecular flexibility index (Phi) is 12.2. The number of nitrogens with one attached hydrogen (secondary N) is 4. The number of likely N-dealkylation sites (tertiary alicyclic amines) is 1. The van der Waals surface area contributed by atoms with Crippen molar-refractivity contribution in [2.75, 3.05) is 48.3 Å². The summed E-state index contributed by atoms with van der Waals surface area (Å²) in [6.45, 7) is 19.7. The summed E-state index contributed by atoms with van der Waals surface area (Å²) < 4.78 is 63.1. The minimum Gasteiger partial charge on any atom is -0.376 e. The first-order chi connectivity index (χ1) is 29.2. The van der Waals surface area contributed by atoms with Crippen LogP contribution in [-0.2, 0) is 7.05 Å². The zero-order chi connectivity index (χ0) is 43.2. The van der Waals surface area contributed by atoms with E-state index in [9.17, 15) is 8.78 Å². The van der Waals surface area contributed by atoms with Gasteiger partial charge in [-0.2, -0.15) is 5.10 Å². The Balaban J connectivity index is 0.885. The topological polar surface area (TPSA) is 85.3 Å². The molecular weight excluding hydrogens is 802 g/mol. The molecule has 4 N–H and O–H groups in total. The number of pyridine rings is 1. The molecule has 324 valence electrons. The van der Waals surface area contributed by atoms with Crippen molar-refractivity contribution in [3.8, 4) is 0 Å². The third-order valence-electron chi connectivity index (χ3n) is 13.3. The Labute approximate surface area is 361 Å². The Morgan fingerprint density at radius 3 is 2.46 bits per heavy atom. The highest BCUT2D eigenvalue weighted by Gasteiger charge is 2.39. The Bertz CT molecular complexity index is 2370. The summed E-state index contributed by atoms with van der Waals surface area (Å²) in [5, 5.41) is 18.4. The number of allylic oxidation sites excluding steroid dienone is 3. The fourth-order valence-electron chi connectivity index (χ4n) is 9.64. The summed E-state index contributed by atoms with van der Waals surface area (Å²) in [7, 11) is 1.83. The van der Waals surface area contributed by atoms with E-state index in [1.165, 1.54) is 19.2 Å². The van der Waals surface area contributed by atoms with Gasteiger partial charge in [0.25, 0.3) is 5.92 Å². The third-order valence-corrected chi connectivity index (χ3v) is 13.6. The predicted octanol–water partition coefficient (Wildman–Crippen LogP) is 10.9. The zero-order valence-electron chi connectivity index (χ0n) is 35.3. The highest BCUT2D eigenvalue weighted by Crippen LogP contribution is 2.41. The van der Waals surface area contributed by atoms with Gasteiger partial charge in [-0.15, -0.1) is 0 Å². The molecule has 0 bridgehead atoms. The molecule has 2 aromatic carbocycles. The van der Waals surface area contributed by atoms with Gasteiger partial charge in [0.05, 0.1) is 40.0 Å². The number of aromatic nitrogens is 3. The number of aryl methyl sites for hydroxylation is 1. The SMILES string of the molecule is C=CNc1cc(F)c(Nc2cc(N3CCC(CN4CCC(c5ccc6c(C7CCC(=C)NC7=C)nn(C)c6c5F)CC4)CC3)ncc2Cl)cc1C1=C(C)CCC(F)(F)C(C)N1. The maximum absolute atomic E-state index is 16.3. The van der Waals surface area contributed by atoms with Gasteiger partial charge in [-0.05, 0) is 107 Å². The van der Waals surface area contributed by atoms with E-state index in [-0.39, 0.29) is 36.2 Å². The number of fused-ring (bicyclic) bond motifs is 1. The molecule has 2 unspecified atom stereocenters. The maximum atomic E-state index is 16.3. The number of piperidine rings is 3. The lowest BCUT2D eigenvalue weighted by molar-refractivity contribution is -0.0320. The number of nitrogens with zero attached hydrogens (tertiary/aromatic N) is 5. The monoisotopic (exact) mass is 857 g/mol. The fraction of sp³-hybridized carbons (Fsp3) is 0.447. The van der Waals surface area contributed by atoms with Crippen molar-refractivity contribution in [1.82, 2.24) is 30.3 Å². The molecule has 4 aliphatic rings. The summed E-state index contributed by atoms with van der Waals surface area (Å²) in [4.78, 5) is 9.39. The van der Waals surface area contributed by atoms with E-state index in [2.05, 4.69) is 61.9 Å². The lowest BCUT2D eigenvalue weighted by Crippen LogP contribution is -2.41. The lowest BCUT2D eigenvalue weighted by atomic mass is 9.86. The number of halogens is 5. The van der Waals surface area contributed by atoms with Crippen LogP contribution in [0.25, 0.3) is 16.6 Å². The minimum atomic E-state index is -2.89. The molecule has 2 atom stereocenters. The molecule has 9 nitrogen and oxygen atoms in total. The molecule has 0 spiro atoms. The molecule has 4 aliphatic heterocycles. The summed E-state index contributed by atoms with van der Waals surface area (Å²) in [6.07, 6.45) is 8.41. The van der Waals surface area contributed by atoms with Crippen molar-refractivity contribution >= 4 is 51.1 Å². The van der Waals surface area contributed by atoms with Gasteiger partial charge in [0.1, 0.15) is 17.2 Å². The number of hydrogen-bond donors (Lipinski definition) is 4. The summed E-state index contributed by atoms with van der Waals surface area (Å²) >= 11 is 6.63. The van der Waals surface area contributed by atoms with Gasteiger partial charge in [0.15, 0.2) is 5.82 Å². The second-order valence-electron chi connectivity index (χ2n) is 17.4. The Hall–Kier alpha value is -5.01. The van der Waals surface area contributed by atoms with Crippen LogP contribution >= 0.6 is 11.6 Å². The van der Waals surface area contributed by atoms with Gasteiger partial charge in [0, 0.05) is 79.2 Å². The standard InChI is InChI=1S/C47H56ClF4N9/c1-7-53-39-23-38(49)41(22-36(39)44-27(2)12-17-47(51,52)30(5)56-44)57-40-24-42(54-25-37(40)48)61-20-13-31(14-21-61)26-60-18-15-32(16-19-60)34-10-11-35-45(58-59(6)46(35)43(34)50)33-9-8-28(3)55-29(33)4/h7,10-11,22-25,30-33,53,55-56H,1,3-4,8-9,12-21,26H2,2,5-6H3,(H,54,57). The quantitative estimate of drug-likeness (QED) is 0.117. The van der Waals surface area contributed by atoms with Crippen LogP contribution in [0, 0.1) is 17.6 Å². The third kappa shape index (κ3) is 8.73. The van der Waals surface area contributed by atoms with E-state index in [1.54, 1.807) is 16.9 Å². The average molecular weight is 858 g/mol. The van der Waals surface area contributed by atoms with Gasteiger partial charge in [-0.1, -0.05) is 43.5 Å². The molecule has 3 fully saturated rings. The van der Waals surface area contributed by atoms with Crippen molar-refractivity contribution in [3.05, 3.63) is 113 Å². The van der Waals surface area contributed by atoms with Crippen LogP contribution in [0.2, 0.25) is 5.02 Å². The van der Waals surface area contributed by atoms with Crippen LogP contribution in [0.15, 0.2) is 79.4 Å². The molecule has 61 heavy (non-hydrogen) atoms. The van der Waals surface area contributed by atoms with Gasteiger partial charge in [0.2, 0.25) is 0 Å². The van der Waals surface area contributed by atoms with E-state index >= 15 is 8.78 Å². The van der Waals surface area contributed by atoms with Crippen LogP contribution < -0.4 is 26.2 Å². The maximum Gasteiger partial charge on any atom is 0.267 e. The van der Waals surface area contributed by atoms with E-state index in [4.69, 9.17) is 16.7 Å². The normalized spacial score (nSPS) is 21.9. The average Bonchev–Trinajstić information content (AvgIpc) is 3.53. The molecule has 0 amide bonds. The van der Waals surface area contributed by atoms with Crippen molar-refractivity contribution in [1.29, 1.82) is 0 Å². The van der Waals surface area contributed by atoms with Crippen molar-refractivity contribution < 1.29 is 17.6 Å². The number of anilines is 4.